The summed E-state index contributed by atoms with van der Waals surface area (Å²) in [6.07, 6.45) is 8.78. The van der Waals surface area contributed by atoms with Crippen LogP contribution in [0.25, 0.3) is 0 Å². The van der Waals surface area contributed by atoms with Gasteiger partial charge in [0, 0.05) is 22.7 Å². The quantitative estimate of drug-likeness (QED) is 0.710. The fourth-order valence-corrected chi connectivity index (χ4v) is 5.71. The molecule has 2 saturated carbocycles. The third-order valence-electron chi connectivity index (χ3n) is 6.75. The van der Waals surface area contributed by atoms with Gasteiger partial charge >= 0.3 is 0 Å². The molecule has 4 atom stereocenters. The van der Waals surface area contributed by atoms with Gasteiger partial charge in [-0.1, -0.05) is 62.8 Å². The van der Waals surface area contributed by atoms with Crippen LogP contribution in [0.1, 0.15) is 44.6 Å². The van der Waals surface area contributed by atoms with Crippen molar-refractivity contribution < 1.29 is 9.47 Å². The van der Waals surface area contributed by atoms with E-state index in [2.05, 4.69) is 56.3 Å². The average molecular weight is 310 g/mol. The van der Waals surface area contributed by atoms with Crippen molar-refractivity contribution in [3.63, 3.8) is 0 Å². The van der Waals surface area contributed by atoms with Crippen LogP contribution in [0.5, 0.6) is 0 Å². The van der Waals surface area contributed by atoms with Gasteiger partial charge in [-0.05, 0) is 24.3 Å². The highest BCUT2D eigenvalue weighted by molar-refractivity contribution is 5.41. The van der Waals surface area contributed by atoms with Gasteiger partial charge in [0.2, 0.25) is 0 Å². The van der Waals surface area contributed by atoms with E-state index in [-0.39, 0.29) is 16.6 Å². The van der Waals surface area contributed by atoms with Gasteiger partial charge in [0.15, 0.2) is 5.79 Å². The Bertz CT molecular complexity index is 637. The van der Waals surface area contributed by atoms with Crippen LogP contribution in [0.15, 0.2) is 42.5 Å². The van der Waals surface area contributed by atoms with E-state index in [9.17, 15) is 0 Å². The molecule has 2 spiro atoms. The summed E-state index contributed by atoms with van der Waals surface area (Å²) in [5.41, 5.74) is 1.78. The van der Waals surface area contributed by atoms with E-state index in [1.54, 1.807) is 0 Å². The minimum atomic E-state index is -0.326. The summed E-state index contributed by atoms with van der Waals surface area (Å²) in [5.74, 6) is 1.25. The summed E-state index contributed by atoms with van der Waals surface area (Å²) in [6, 6.07) is 10.9. The van der Waals surface area contributed by atoms with Crippen molar-refractivity contribution in [2.75, 3.05) is 13.2 Å². The molecule has 3 fully saturated rings. The molecule has 0 aromatic heterocycles. The molecule has 0 N–H and O–H groups in total. The summed E-state index contributed by atoms with van der Waals surface area (Å²) in [7, 11) is 0. The van der Waals surface area contributed by atoms with Crippen molar-refractivity contribution in [3.05, 3.63) is 48.0 Å². The molecule has 0 unspecified atom stereocenters. The second-order valence-electron chi connectivity index (χ2n) is 8.75. The Labute approximate surface area is 138 Å². The first-order valence-corrected chi connectivity index (χ1v) is 9.10. The molecule has 122 valence electrons. The van der Waals surface area contributed by atoms with Gasteiger partial charge in [0.25, 0.3) is 0 Å². The predicted octanol–water partition coefficient (Wildman–Crippen LogP) is 4.53. The van der Waals surface area contributed by atoms with Crippen molar-refractivity contribution in [2.45, 2.75) is 44.8 Å². The van der Waals surface area contributed by atoms with Gasteiger partial charge < -0.3 is 9.47 Å². The Kier molecular flexibility index (Phi) is 2.78. The fraction of sp³-hybridized carbons (Fsp3) is 0.619. The van der Waals surface area contributed by atoms with Gasteiger partial charge in [0.1, 0.15) is 0 Å². The van der Waals surface area contributed by atoms with Gasteiger partial charge in [0.05, 0.1) is 13.2 Å². The van der Waals surface area contributed by atoms with Crippen LogP contribution in [-0.4, -0.2) is 19.0 Å². The monoisotopic (exact) mass is 310 g/mol. The van der Waals surface area contributed by atoms with Crippen molar-refractivity contribution in [3.8, 4) is 0 Å². The number of hydrogen-bond donors (Lipinski definition) is 0. The Morgan fingerprint density at radius 3 is 2.48 bits per heavy atom. The molecular formula is C21H26O2. The molecule has 4 aliphatic rings. The van der Waals surface area contributed by atoms with E-state index < -0.39 is 0 Å². The zero-order chi connectivity index (χ0) is 15.7. The minimum absolute atomic E-state index is 0.136. The zero-order valence-electron chi connectivity index (χ0n) is 14.1. The molecule has 0 bridgehead atoms. The van der Waals surface area contributed by atoms with Crippen LogP contribution in [-0.2, 0) is 9.47 Å². The molecule has 0 amide bonds. The highest BCUT2D eigenvalue weighted by Crippen LogP contribution is 2.80. The lowest BCUT2D eigenvalue weighted by atomic mass is 9.78. The Balaban J connectivity index is 1.55. The second kappa shape index (κ2) is 4.49. The van der Waals surface area contributed by atoms with E-state index in [0.717, 1.165) is 13.2 Å². The lowest BCUT2D eigenvalue weighted by molar-refractivity contribution is -0.267. The molecule has 1 aromatic carbocycles. The summed E-state index contributed by atoms with van der Waals surface area (Å²) in [5, 5.41) is 0. The third kappa shape index (κ3) is 1.71. The number of benzene rings is 1. The van der Waals surface area contributed by atoms with Crippen molar-refractivity contribution >= 4 is 0 Å². The lowest BCUT2D eigenvalue weighted by Gasteiger charge is -2.38. The number of ether oxygens (including phenoxy) is 2. The largest absolute Gasteiger partial charge is 0.348 e. The first-order chi connectivity index (χ1) is 11.1. The van der Waals surface area contributed by atoms with Crippen LogP contribution in [0.3, 0.4) is 0 Å². The predicted molar refractivity (Wildman–Crippen MR) is 90.0 cm³/mol. The van der Waals surface area contributed by atoms with E-state index in [0.29, 0.717) is 17.8 Å². The topological polar surface area (TPSA) is 18.5 Å². The number of allylic oxidation sites excluding steroid dienone is 2. The van der Waals surface area contributed by atoms with Gasteiger partial charge in [-0.25, -0.2) is 0 Å². The Morgan fingerprint density at radius 2 is 1.74 bits per heavy atom. The van der Waals surface area contributed by atoms with E-state index in [1.807, 2.05) is 0 Å². The fourth-order valence-electron chi connectivity index (χ4n) is 5.71. The Hall–Kier alpha value is -1.12. The first kappa shape index (κ1) is 14.2. The van der Waals surface area contributed by atoms with Gasteiger partial charge in [-0.2, -0.15) is 0 Å². The van der Waals surface area contributed by atoms with Gasteiger partial charge in [-0.3, -0.25) is 0 Å². The molecule has 2 nitrogen and oxygen atoms in total. The molecule has 5 rings (SSSR count). The number of hydrogen-bond acceptors (Lipinski definition) is 2. The molecule has 23 heavy (non-hydrogen) atoms. The van der Waals surface area contributed by atoms with Crippen LogP contribution >= 0.6 is 0 Å². The molecule has 1 aromatic rings. The summed E-state index contributed by atoms with van der Waals surface area (Å²) in [6.45, 7) is 6.12. The maximum atomic E-state index is 6.53. The van der Waals surface area contributed by atoms with Crippen molar-refractivity contribution in [1.82, 2.24) is 0 Å². The maximum Gasteiger partial charge on any atom is 0.179 e. The lowest BCUT2D eigenvalue weighted by Crippen LogP contribution is -2.43. The van der Waals surface area contributed by atoms with Crippen molar-refractivity contribution in [2.24, 2.45) is 22.7 Å². The van der Waals surface area contributed by atoms with E-state index >= 15 is 0 Å². The highest BCUT2D eigenvalue weighted by atomic mass is 16.7. The normalized spacial score (nSPS) is 42.3. The summed E-state index contributed by atoms with van der Waals surface area (Å²) in [4.78, 5) is 0. The molecule has 1 saturated heterocycles. The smallest absolute Gasteiger partial charge is 0.179 e. The van der Waals surface area contributed by atoms with Crippen molar-refractivity contribution in [1.29, 1.82) is 0 Å². The SMILES string of the molecule is CC1(C)COC2(OC1)[C@@H]1[C@@H](c3ccccc3)C=C[C@H]3CCC[C@]312. The molecular weight excluding hydrogens is 284 g/mol. The average Bonchev–Trinajstić information content (AvgIpc) is 2.89. The van der Waals surface area contributed by atoms with Crippen LogP contribution in [0, 0.1) is 22.7 Å². The van der Waals surface area contributed by atoms with Crippen LogP contribution < -0.4 is 0 Å². The summed E-state index contributed by atoms with van der Waals surface area (Å²) < 4.78 is 13.1. The van der Waals surface area contributed by atoms with Gasteiger partial charge in [-0.15, -0.1) is 0 Å². The molecule has 1 heterocycles. The third-order valence-corrected chi connectivity index (χ3v) is 6.75. The second-order valence-corrected chi connectivity index (χ2v) is 8.75. The minimum Gasteiger partial charge on any atom is -0.348 e. The maximum absolute atomic E-state index is 6.53. The number of fused-ring (bicyclic) bond motifs is 1. The summed E-state index contributed by atoms with van der Waals surface area (Å²) >= 11 is 0. The van der Waals surface area contributed by atoms with E-state index in [4.69, 9.17) is 9.47 Å². The first-order valence-electron chi connectivity index (χ1n) is 9.10. The number of rotatable bonds is 1. The van der Waals surface area contributed by atoms with Crippen LogP contribution in [0.4, 0.5) is 0 Å². The van der Waals surface area contributed by atoms with E-state index in [1.165, 1.54) is 24.8 Å². The molecule has 3 aliphatic carbocycles. The standard InChI is InChI=1S/C21H26O2/c1-19(2)13-22-21(23-14-19)18-17(15-7-4-3-5-8-15)11-10-16-9-6-12-20(16,18)21/h3-5,7-8,10-11,16-18H,6,9,12-14H2,1-2H3/t16-,17-,18-,20+/m1/s1. The Morgan fingerprint density at radius 1 is 1.00 bits per heavy atom. The van der Waals surface area contributed by atoms with Crippen LogP contribution in [0.2, 0.25) is 0 Å². The highest BCUT2D eigenvalue weighted by Gasteiger charge is 2.85. The molecule has 1 aliphatic heterocycles. The molecule has 2 heteroatoms. The zero-order valence-corrected chi connectivity index (χ0v) is 14.1. The molecule has 0 radical (unpaired) electrons.